The summed E-state index contributed by atoms with van der Waals surface area (Å²) in [6.45, 7) is 6.27. The molecule has 1 aliphatic rings. The Bertz CT molecular complexity index is 1210. The second kappa shape index (κ2) is 9.77. The lowest BCUT2D eigenvalue weighted by Crippen LogP contribution is -2.44. The number of fused-ring (bicyclic) bond motifs is 1. The van der Waals surface area contributed by atoms with E-state index in [4.69, 9.17) is 16.3 Å². The van der Waals surface area contributed by atoms with Crippen LogP contribution in [0.5, 0.6) is 5.75 Å². The molecule has 0 bridgehead atoms. The van der Waals surface area contributed by atoms with Crippen LogP contribution in [0.3, 0.4) is 0 Å². The highest BCUT2D eigenvalue weighted by Gasteiger charge is 2.28. The van der Waals surface area contributed by atoms with Gasteiger partial charge in [-0.15, -0.1) is 0 Å². The first-order valence-corrected chi connectivity index (χ1v) is 11.2. The van der Waals surface area contributed by atoms with Crippen LogP contribution in [0.15, 0.2) is 48.7 Å². The van der Waals surface area contributed by atoms with E-state index in [1.807, 2.05) is 18.7 Å². The number of piperazine rings is 1. The molecule has 1 aliphatic heterocycles. The number of aromatic nitrogens is 1. The van der Waals surface area contributed by atoms with E-state index in [0.717, 1.165) is 5.56 Å². The van der Waals surface area contributed by atoms with E-state index < -0.39 is 5.82 Å². The van der Waals surface area contributed by atoms with Crippen molar-refractivity contribution in [1.29, 1.82) is 0 Å². The summed E-state index contributed by atoms with van der Waals surface area (Å²) in [6.07, 6.45) is 3.96. The van der Waals surface area contributed by atoms with Gasteiger partial charge >= 0.3 is 0 Å². The molecule has 0 aliphatic carbocycles. The Morgan fingerprint density at radius 1 is 1.24 bits per heavy atom. The van der Waals surface area contributed by atoms with E-state index in [9.17, 15) is 10.0 Å². The third-order valence-electron chi connectivity index (χ3n) is 5.37. The Labute approximate surface area is 196 Å². The molecule has 0 radical (unpaired) electrons. The summed E-state index contributed by atoms with van der Waals surface area (Å²) in [7, 11) is 0. The molecule has 0 unspecified atom stereocenters. The molecule has 6 nitrogen and oxygen atoms in total. The zero-order valence-corrected chi connectivity index (χ0v) is 19.2. The minimum Gasteiger partial charge on any atom is -0.618 e. The first-order chi connectivity index (χ1) is 15.8. The number of benzene rings is 2. The number of rotatable bonds is 6. The van der Waals surface area contributed by atoms with Crippen LogP contribution in [0, 0.1) is 11.0 Å². The van der Waals surface area contributed by atoms with Gasteiger partial charge in [-0.05, 0) is 49.8 Å². The summed E-state index contributed by atoms with van der Waals surface area (Å²) in [5.41, 5.74) is 1.44. The van der Waals surface area contributed by atoms with E-state index in [1.165, 1.54) is 24.4 Å². The molecule has 0 amide bonds. The van der Waals surface area contributed by atoms with Gasteiger partial charge in [0.15, 0.2) is 17.8 Å². The van der Waals surface area contributed by atoms with Crippen LogP contribution in [-0.2, 0) is 0 Å². The van der Waals surface area contributed by atoms with Crippen LogP contribution in [0.4, 0.5) is 10.1 Å². The minimum atomic E-state index is -0.485. The fourth-order valence-electron chi connectivity index (χ4n) is 3.87. The number of anilines is 1. The molecule has 1 fully saturated rings. The third kappa shape index (κ3) is 5.10. The van der Waals surface area contributed by atoms with Crippen LogP contribution in [-0.4, -0.2) is 38.1 Å². The normalized spacial score (nSPS) is 14.4. The van der Waals surface area contributed by atoms with Crippen molar-refractivity contribution in [2.24, 2.45) is 0 Å². The molecule has 2 heterocycles. The molecule has 4 rings (SSSR count). The Morgan fingerprint density at radius 2 is 1.94 bits per heavy atom. The highest BCUT2D eigenvalue weighted by Crippen LogP contribution is 2.38. The zero-order valence-electron chi connectivity index (χ0n) is 18.5. The fourth-order valence-corrected chi connectivity index (χ4v) is 3.99. The number of allylic oxidation sites excluding steroid dienone is 1. The summed E-state index contributed by atoms with van der Waals surface area (Å²) in [4.78, 5) is 14.6. The van der Waals surface area contributed by atoms with Crippen molar-refractivity contribution in [1.82, 2.24) is 5.32 Å². The van der Waals surface area contributed by atoms with Gasteiger partial charge in [0.25, 0.3) is 5.52 Å². The quantitative estimate of drug-likeness (QED) is 0.251. The molecule has 172 valence electrons. The van der Waals surface area contributed by atoms with E-state index in [2.05, 4.69) is 5.32 Å². The third-order valence-corrected chi connectivity index (χ3v) is 5.62. The summed E-state index contributed by atoms with van der Waals surface area (Å²) in [5, 5.41) is 17.2. The number of hydrogen-bond acceptors (Lipinski definition) is 5. The summed E-state index contributed by atoms with van der Waals surface area (Å²) in [5.74, 6) is -0.650. The molecule has 1 saturated heterocycles. The second-order valence-corrected chi connectivity index (χ2v) is 8.62. The number of nitrogens with zero attached hydrogens (tertiary/aromatic N) is 2. The van der Waals surface area contributed by atoms with Gasteiger partial charge in [-0.1, -0.05) is 29.8 Å². The van der Waals surface area contributed by atoms with Gasteiger partial charge in [-0.3, -0.25) is 4.79 Å². The smallest absolute Gasteiger partial charge is 0.268 e. The molecule has 1 aromatic heterocycles. The number of pyridine rings is 1. The van der Waals surface area contributed by atoms with Gasteiger partial charge in [-0.25, -0.2) is 4.39 Å². The van der Waals surface area contributed by atoms with Crippen molar-refractivity contribution in [2.45, 2.75) is 20.0 Å². The lowest BCUT2D eigenvalue weighted by atomic mass is 10.1. The summed E-state index contributed by atoms with van der Waals surface area (Å²) in [6, 6.07) is 9.83. The van der Waals surface area contributed by atoms with Crippen LogP contribution >= 0.6 is 11.6 Å². The number of ketones is 1. The molecule has 0 saturated carbocycles. The number of halogens is 2. The maximum atomic E-state index is 15.3. The van der Waals surface area contributed by atoms with Crippen LogP contribution in [0.2, 0.25) is 5.02 Å². The first kappa shape index (κ1) is 23.0. The molecule has 8 heteroatoms. The van der Waals surface area contributed by atoms with Gasteiger partial charge in [0.05, 0.1) is 17.1 Å². The predicted molar refractivity (Wildman–Crippen MR) is 129 cm³/mol. The molecule has 33 heavy (non-hydrogen) atoms. The van der Waals surface area contributed by atoms with Crippen LogP contribution in [0.1, 0.15) is 29.8 Å². The Hall–Kier alpha value is -3.16. The molecule has 1 N–H and O–H groups in total. The van der Waals surface area contributed by atoms with Crippen molar-refractivity contribution in [3.8, 4) is 5.75 Å². The van der Waals surface area contributed by atoms with Gasteiger partial charge in [0.1, 0.15) is 5.69 Å². The van der Waals surface area contributed by atoms with E-state index in [1.54, 1.807) is 30.3 Å². The van der Waals surface area contributed by atoms with Crippen molar-refractivity contribution >= 4 is 40.1 Å². The minimum absolute atomic E-state index is 0.160. The average molecular weight is 470 g/mol. The van der Waals surface area contributed by atoms with Crippen molar-refractivity contribution in [2.75, 3.05) is 31.1 Å². The molecule has 2 aromatic carbocycles. The highest BCUT2D eigenvalue weighted by atomic mass is 35.5. The average Bonchev–Trinajstić information content (AvgIpc) is 2.78. The summed E-state index contributed by atoms with van der Waals surface area (Å²) >= 11 is 5.89. The zero-order chi connectivity index (χ0) is 23.5. The molecule has 0 spiro atoms. The molecular weight excluding hydrogens is 445 g/mol. The topological polar surface area (TPSA) is 68.5 Å². The summed E-state index contributed by atoms with van der Waals surface area (Å²) < 4.78 is 21.9. The van der Waals surface area contributed by atoms with Gasteiger partial charge in [-0.2, -0.15) is 4.73 Å². The maximum Gasteiger partial charge on any atom is 0.268 e. The maximum absolute atomic E-state index is 15.3. The van der Waals surface area contributed by atoms with Crippen molar-refractivity contribution in [3.63, 3.8) is 0 Å². The Kier molecular flexibility index (Phi) is 6.81. The van der Waals surface area contributed by atoms with E-state index in [0.29, 0.717) is 41.3 Å². The highest BCUT2D eigenvalue weighted by molar-refractivity contribution is 6.30. The second-order valence-electron chi connectivity index (χ2n) is 8.18. The number of nitrogens with one attached hydrogen (secondary N) is 1. The molecule has 0 atom stereocenters. The number of carbonyl (C=O) groups is 1. The predicted octanol–water partition coefficient (Wildman–Crippen LogP) is 4.36. The Balaban J connectivity index is 1.76. The van der Waals surface area contributed by atoms with Gasteiger partial charge in [0.2, 0.25) is 5.75 Å². The van der Waals surface area contributed by atoms with Crippen LogP contribution in [0.25, 0.3) is 17.0 Å². The van der Waals surface area contributed by atoms with E-state index in [-0.39, 0.29) is 34.4 Å². The van der Waals surface area contributed by atoms with E-state index >= 15 is 4.39 Å². The van der Waals surface area contributed by atoms with Gasteiger partial charge in [0, 0.05) is 31.2 Å². The van der Waals surface area contributed by atoms with Crippen LogP contribution < -0.4 is 19.7 Å². The van der Waals surface area contributed by atoms with Gasteiger partial charge < -0.3 is 20.2 Å². The lowest BCUT2D eigenvalue weighted by molar-refractivity contribution is -0.577. The molecular formula is C25H25ClFN3O3. The fraction of sp³-hybridized carbons (Fsp3) is 0.280. The molecule has 3 aromatic rings. The number of ether oxygens (including phenoxy) is 1. The SMILES string of the molecule is CC(C)Oc1c(N2CCNCC2)c(F)cc2cc(C(=O)C=Cc3ccc(Cl)cc3)c[n+]([O-])c12. The van der Waals surface area contributed by atoms with Crippen molar-refractivity contribution in [3.05, 3.63) is 75.8 Å². The Morgan fingerprint density at radius 3 is 2.61 bits per heavy atom. The lowest BCUT2D eigenvalue weighted by Gasteiger charge is -2.31. The number of carbonyl (C=O) groups excluding carboxylic acids is 1. The first-order valence-electron chi connectivity index (χ1n) is 10.8. The monoisotopic (exact) mass is 469 g/mol. The number of hydrogen-bond donors (Lipinski definition) is 1. The largest absolute Gasteiger partial charge is 0.618 e. The van der Waals surface area contributed by atoms with Crippen molar-refractivity contribution < 1.29 is 18.7 Å². The standard InChI is InChI=1S/C25H25ClFN3O3/c1-16(2)33-25-23-18(14-21(27)24(25)29-11-9-28-10-12-29)13-19(15-30(23)32)22(31)8-5-17-3-6-20(26)7-4-17/h3-8,13-16,28H,9-12H2,1-2H3.